The lowest BCUT2D eigenvalue weighted by Gasteiger charge is -2.39. The third-order valence-electron chi connectivity index (χ3n) is 4.34. The highest BCUT2D eigenvalue weighted by atomic mass is 35.5. The third-order valence-corrected chi connectivity index (χ3v) is 6.40. The number of rotatable bonds is 2. The van der Waals surface area contributed by atoms with E-state index in [-0.39, 0.29) is 11.5 Å². The Morgan fingerprint density at radius 2 is 2.25 bits per heavy atom. The smallest absolute Gasteiger partial charge is 0.0835 e. The molecule has 0 radical (unpaired) electrons. The summed E-state index contributed by atoms with van der Waals surface area (Å²) >= 11 is 14.2. The highest BCUT2D eigenvalue weighted by Crippen LogP contribution is 2.45. The lowest BCUT2D eigenvalue weighted by atomic mass is 9.80. The highest BCUT2D eigenvalue weighted by molar-refractivity contribution is 7.99. The topological polar surface area (TPSA) is 29.5 Å². The van der Waals surface area contributed by atoms with Crippen LogP contribution in [0.15, 0.2) is 18.2 Å². The maximum Gasteiger partial charge on any atom is 0.0835 e. The molecule has 0 saturated carbocycles. The zero-order chi connectivity index (χ0) is 14.2. The number of ether oxygens (including phenoxy) is 1. The van der Waals surface area contributed by atoms with E-state index >= 15 is 0 Å². The van der Waals surface area contributed by atoms with Crippen LogP contribution < -0.4 is 0 Å². The van der Waals surface area contributed by atoms with Gasteiger partial charge in [0.1, 0.15) is 0 Å². The molecule has 1 aromatic carbocycles. The first-order valence-electron chi connectivity index (χ1n) is 6.95. The Hall–Kier alpha value is 0.0700. The van der Waals surface area contributed by atoms with Crippen LogP contribution in [0.5, 0.6) is 0 Å². The summed E-state index contributed by atoms with van der Waals surface area (Å²) in [5.74, 6) is 2.39. The summed E-state index contributed by atoms with van der Waals surface area (Å²) in [6.45, 7) is 0.723. The van der Waals surface area contributed by atoms with Crippen molar-refractivity contribution >= 4 is 35.0 Å². The van der Waals surface area contributed by atoms with Gasteiger partial charge in [0.2, 0.25) is 0 Å². The van der Waals surface area contributed by atoms with Gasteiger partial charge in [0, 0.05) is 17.9 Å². The standard InChI is InChI=1S/C15H18Cl2O2S/c16-12-3-1-2-11(13(12)17)14(18)10-4-6-19-15(8-10)5-7-20-9-15/h1-3,10,14,18H,4-9H2. The van der Waals surface area contributed by atoms with Gasteiger partial charge in [-0.15, -0.1) is 0 Å². The maximum atomic E-state index is 10.7. The molecule has 2 nitrogen and oxygen atoms in total. The first kappa shape index (κ1) is 15.0. The molecule has 3 atom stereocenters. The summed E-state index contributed by atoms with van der Waals surface area (Å²) in [5, 5.41) is 11.7. The van der Waals surface area contributed by atoms with Crippen molar-refractivity contribution in [3.63, 3.8) is 0 Å². The second-order valence-corrected chi connectivity index (χ2v) is 7.57. The van der Waals surface area contributed by atoms with E-state index in [1.165, 1.54) is 0 Å². The second kappa shape index (κ2) is 6.05. The minimum Gasteiger partial charge on any atom is -0.388 e. The largest absolute Gasteiger partial charge is 0.388 e. The lowest BCUT2D eigenvalue weighted by molar-refractivity contribution is -0.102. The molecule has 3 unspecified atom stereocenters. The predicted octanol–water partition coefficient (Wildman–Crippen LogP) is 4.33. The molecule has 5 heteroatoms. The molecule has 2 fully saturated rings. The molecule has 2 heterocycles. The first-order valence-corrected chi connectivity index (χ1v) is 8.86. The Bertz CT molecular complexity index is 489. The van der Waals surface area contributed by atoms with E-state index in [1.807, 2.05) is 23.9 Å². The van der Waals surface area contributed by atoms with Gasteiger partial charge in [-0.2, -0.15) is 11.8 Å². The van der Waals surface area contributed by atoms with E-state index in [0.717, 1.165) is 42.9 Å². The Balaban J connectivity index is 1.79. The molecule has 0 aliphatic carbocycles. The van der Waals surface area contributed by atoms with Gasteiger partial charge in [0.15, 0.2) is 0 Å². The van der Waals surface area contributed by atoms with E-state index in [9.17, 15) is 5.11 Å². The summed E-state index contributed by atoms with van der Waals surface area (Å²) in [5.41, 5.74) is 0.714. The van der Waals surface area contributed by atoms with Gasteiger partial charge in [0.05, 0.1) is 21.8 Å². The van der Waals surface area contributed by atoms with Crippen LogP contribution in [0, 0.1) is 5.92 Å². The van der Waals surface area contributed by atoms with Crippen molar-refractivity contribution < 1.29 is 9.84 Å². The molecule has 0 amide bonds. The summed E-state index contributed by atoms with van der Waals surface area (Å²) in [6.07, 6.45) is 2.30. The Morgan fingerprint density at radius 3 is 3.00 bits per heavy atom. The number of aliphatic hydroxyl groups is 1. The van der Waals surface area contributed by atoms with Crippen LogP contribution in [-0.4, -0.2) is 28.8 Å². The molecule has 1 spiro atoms. The van der Waals surface area contributed by atoms with Crippen molar-refractivity contribution in [2.75, 3.05) is 18.1 Å². The van der Waals surface area contributed by atoms with E-state index in [1.54, 1.807) is 6.07 Å². The molecular weight excluding hydrogens is 315 g/mol. The fourth-order valence-corrected chi connectivity index (χ4v) is 5.00. The summed E-state index contributed by atoms with van der Waals surface area (Å²) < 4.78 is 6.01. The summed E-state index contributed by atoms with van der Waals surface area (Å²) in [6, 6.07) is 5.46. The normalized spacial score (nSPS) is 31.6. The zero-order valence-corrected chi connectivity index (χ0v) is 13.5. The van der Waals surface area contributed by atoms with Crippen LogP contribution in [-0.2, 0) is 4.74 Å². The fourth-order valence-electron chi connectivity index (χ4n) is 3.20. The molecule has 0 aromatic heterocycles. The monoisotopic (exact) mass is 332 g/mol. The zero-order valence-electron chi connectivity index (χ0n) is 11.1. The van der Waals surface area contributed by atoms with Gasteiger partial charge in [0.25, 0.3) is 0 Å². The average molecular weight is 333 g/mol. The van der Waals surface area contributed by atoms with Crippen molar-refractivity contribution in [3.05, 3.63) is 33.8 Å². The molecule has 0 bridgehead atoms. The highest BCUT2D eigenvalue weighted by Gasteiger charge is 2.42. The van der Waals surface area contributed by atoms with Crippen LogP contribution >= 0.6 is 35.0 Å². The predicted molar refractivity (Wildman–Crippen MR) is 84.8 cm³/mol. The molecule has 2 aliphatic heterocycles. The number of benzene rings is 1. The first-order chi connectivity index (χ1) is 9.61. The minimum absolute atomic E-state index is 0.0282. The average Bonchev–Trinajstić information content (AvgIpc) is 2.89. The Morgan fingerprint density at radius 1 is 1.40 bits per heavy atom. The molecule has 2 saturated heterocycles. The van der Waals surface area contributed by atoms with Gasteiger partial charge in [-0.1, -0.05) is 35.3 Å². The van der Waals surface area contributed by atoms with Crippen molar-refractivity contribution in [2.24, 2.45) is 5.92 Å². The quantitative estimate of drug-likeness (QED) is 0.874. The molecule has 110 valence electrons. The number of aliphatic hydroxyl groups excluding tert-OH is 1. The Labute approximate surface area is 133 Å². The van der Waals surface area contributed by atoms with Gasteiger partial charge in [-0.3, -0.25) is 0 Å². The van der Waals surface area contributed by atoms with E-state index < -0.39 is 6.10 Å². The number of hydrogen-bond acceptors (Lipinski definition) is 3. The number of hydrogen-bond donors (Lipinski definition) is 1. The van der Waals surface area contributed by atoms with Gasteiger partial charge >= 0.3 is 0 Å². The molecule has 3 rings (SSSR count). The molecular formula is C15H18Cl2O2S. The van der Waals surface area contributed by atoms with Crippen LogP contribution in [0.4, 0.5) is 0 Å². The van der Waals surface area contributed by atoms with Gasteiger partial charge < -0.3 is 9.84 Å². The Kier molecular flexibility index (Phi) is 4.54. The molecule has 2 aliphatic rings. The third kappa shape index (κ3) is 2.84. The summed E-state index contributed by atoms with van der Waals surface area (Å²) in [7, 11) is 0. The fraction of sp³-hybridized carbons (Fsp3) is 0.600. The molecule has 1 N–H and O–H groups in total. The number of thioether (sulfide) groups is 1. The second-order valence-electron chi connectivity index (χ2n) is 5.67. The van der Waals surface area contributed by atoms with E-state index in [2.05, 4.69) is 0 Å². The van der Waals surface area contributed by atoms with Crippen LogP contribution in [0.1, 0.15) is 30.9 Å². The van der Waals surface area contributed by atoms with Gasteiger partial charge in [-0.05, 0) is 37.0 Å². The SMILES string of the molecule is OC(c1cccc(Cl)c1Cl)C1CCOC2(CCSC2)C1. The molecule has 20 heavy (non-hydrogen) atoms. The van der Waals surface area contributed by atoms with E-state index in [0.29, 0.717) is 10.0 Å². The van der Waals surface area contributed by atoms with E-state index in [4.69, 9.17) is 27.9 Å². The summed E-state index contributed by atoms with van der Waals surface area (Å²) in [4.78, 5) is 0. The maximum absolute atomic E-state index is 10.7. The van der Waals surface area contributed by atoms with Crippen LogP contribution in [0.3, 0.4) is 0 Å². The van der Waals surface area contributed by atoms with Crippen molar-refractivity contribution in [3.8, 4) is 0 Å². The lowest BCUT2D eigenvalue weighted by Crippen LogP contribution is -2.41. The van der Waals surface area contributed by atoms with Gasteiger partial charge in [-0.25, -0.2) is 0 Å². The van der Waals surface area contributed by atoms with Crippen molar-refractivity contribution in [1.29, 1.82) is 0 Å². The van der Waals surface area contributed by atoms with Crippen LogP contribution in [0.25, 0.3) is 0 Å². The van der Waals surface area contributed by atoms with Crippen molar-refractivity contribution in [1.82, 2.24) is 0 Å². The molecule has 1 aromatic rings. The number of halogens is 2. The van der Waals surface area contributed by atoms with Crippen LogP contribution in [0.2, 0.25) is 10.0 Å². The minimum atomic E-state index is -0.562. The van der Waals surface area contributed by atoms with Crippen molar-refractivity contribution in [2.45, 2.75) is 31.0 Å².